The highest BCUT2D eigenvalue weighted by Gasteiger charge is 2.43. The number of rotatable bonds is 7. The summed E-state index contributed by atoms with van der Waals surface area (Å²) in [6, 6.07) is 0. The van der Waals surface area contributed by atoms with Crippen LogP contribution in [0.2, 0.25) is 0 Å². The predicted molar refractivity (Wildman–Crippen MR) is 98.5 cm³/mol. The first-order chi connectivity index (χ1) is 12.1. The van der Waals surface area contributed by atoms with Gasteiger partial charge >= 0.3 is 0 Å². The van der Waals surface area contributed by atoms with Crippen LogP contribution in [0.5, 0.6) is 0 Å². The summed E-state index contributed by atoms with van der Waals surface area (Å²) in [7, 11) is 1.99. The van der Waals surface area contributed by atoms with Gasteiger partial charge < -0.3 is 19.5 Å². The molecule has 1 aromatic rings. The van der Waals surface area contributed by atoms with Gasteiger partial charge in [0.05, 0.1) is 0 Å². The first-order valence-electron chi connectivity index (χ1n) is 9.59. The van der Waals surface area contributed by atoms with Gasteiger partial charge in [0.1, 0.15) is 12.4 Å². The number of ether oxygens (including phenoxy) is 1. The average molecular weight is 348 g/mol. The molecule has 25 heavy (non-hydrogen) atoms. The molecule has 2 heterocycles. The van der Waals surface area contributed by atoms with Crippen LogP contribution in [-0.4, -0.2) is 58.5 Å². The van der Waals surface area contributed by atoms with Gasteiger partial charge in [0.25, 0.3) is 0 Å². The molecule has 0 unspecified atom stereocenters. The van der Waals surface area contributed by atoms with Crippen LogP contribution >= 0.6 is 0 Å². The van der Waals surface area contributed by atoms with Crippen LogP contribution in [0.3, 0.4) is 0 Å². The maximum absolute atomic E-state index is 5.43. The molecule has 1 aromatic heterocycles. The van der Waals surface area contributed by atoms with Gasteiger partial charge in [0, 0.05) is 39.9 Å². The minimum Gasteiger partial charge on any atom is -0.382 e. The standard InChI is InChI=1S/C18H32N6O/c1-4-25-12-6-10-19-17(20-13-16-22-21-15(2)23(16)3)24-11-9-18(14-24)7-5-8-18/h4-14H2,1-3H3,(H,19,20). The van der Waals surface area contributed by atoms with E-state index in [-0.39, 0.29) is 0 Å². The van der Waals surface area contributed by atoms with E-state index in [0.717, 1.165) is 56.9 Å². The summed E-state index contributed by atoms with van der Waals surface area (Å²) in [6.07, 6.45) is 6.44. The van der Waals surface area contributed by atoms with Crippen molar-refractivity contribution in [2.45, 2.75) is 52.5 Å². The Bertz CT molecular complexity index is 592. The van der Waals surface area contributed by atoms with Gasteiger partial charge in [-0.1, -0.05) is 6.42 Å². The number of aryl methyl sites for hydroxylation is 1. The quantitative estimate of drug-likeness (QED) is 0.463. The van der Waals surface area contributed by atoms with Gasteiger partial charge in [-0.25, -0.2) is 4.99 Å². The molecule has 0 aromatic carbocycles. The van der Waals surface area contributed by atoms with E-state index in [2.05, 4.69) is 20.4 Å². The molecule has 1 spiro atoms. The minimum absolute atomic E-state index is 0.564. The van der Waals surface area contributed by atoms with E-state index in [4.69, 9.17) is 9.73 Å². The highest BCUT2D eigenvalue weighted by atomic mass is 16.5. The lowest BCUT2D eigenvalue weighted by molar-refractivity contribution is 0.145. The van der Waals surface area contributed by atoms with Crippen LogP contribution in [0.1, 0.15) is 50.7 Å². The van der Waals surface area contributed by atoms with E-state index in [1.807, 2.05) is 25.5 Å². The molecule has 0 bridgehead atoms. The largest absolute Gasteiger partial charge is 0.382 e. The second kappa shape index (κ2) is 8.17. The Hall–Kier alpha value is -1.63. The Morgan fingerprint density at radius 3 is 2.76 bits per heavy atom. The Morgan fingerprint density at radius 2 is 2.16 bits per heavy atom. The summed E-state index contributed by atoms with van der Waals surface area (Å²) in [4.78, 5) is 7.29. The highest BCUT2D eigenvalue weighted by molar-refractivity contribution is 5.80. The fourth-order valence-electron chi connectivity index (χ4n) is 3.72. The zero-order valence-electron chi connectivity index (χ0n) is 15.9. The number of nitrogens with zero attached hydrogens (tertiary/aromatic N) is 5. The van der Waals surface area contributed by atoms with Crippen molar-refractivity contribution in [3.8, 4) is 0 Å². The van der Waals surface area contributed by atoms with Crippen LogP contribution in [-0.2, 0) is 18.3 Å². The van der Waals surface area contributed by atoms with Gasteiger partial charge in [0.2, 0.25) is 0 Å². The minimum atomic E-state index is 0.564. The Balaban J connectivity index is 1.61. The van der Waals surface area contributed by atoms with Crippen LogP contribution in [0.4, 0.5) is 0 Å². The van der Waals surface area contributed by atoms with E-state index < -0.39 is 0 Å². The Kier molecular flexibility index (Phi) is 5.93. The molecular formula is C18H32N6O. The molecule has 0 radical (unpaired) electrons. The molecule has 2 fully saturated rings. The number of nitrogens with one attached hydrogen (secondary N) is 1. The first kappa shape index (κ1) is 18.2. The molecule has 1 aliphatic carbocycles. The zero-order chi connectivity index (χ0) is 17.7. The summed E-state index contributed by atoms with van der Waals surface area (Å²) < 4.78 is 7.44. The van der Waals surface area contributed by atoms with Crippen LogP contribution in [0.25, 0.3) is 0 Å². The van der Waals surface area contributed by atoms with Crippen molar-refractivity contribution < 1.29 is 4.74 Å². The first-order valence-corrected chi connectivity index (χ1v) is 9.59. The number of hydrogen-bond acceptors (Lipinski definition) is 4. The number of aliphatic imine (C=N–C) groups is 1. The molecule has 1 aliphatic heterocycles. The maximum atomic E-state index is 5.43. The summed E-state index contributed by atoms with van der Waals surface area (Å²) >= 11 is 0. The van der Waals surface area contributed by atoms with Gasteiger partial charge in [-0.2, -0.15) is 0 Å². The molecule has 2 aliphatic rings. The van der Waals surface area contributed by atoms with E-state index in [9.17, 15) is 0 Å². The van der Waals surface area contributed by atoms with E-state index >= 15 is 0 Å². The molecule has 0 atom stereocenters. The number of guanidine groups is 1. The fraction of sp³-hybridized carbons (Fsp3) is 0.833. The molecule has 0 amide bonds. The molecule has 7 heteroatoms. The summed E-state index contributed by atoms with van der Waals surface area (Å²) in [6.45, 7) is 9.27. The lowest BCUT2D eigenvalue weighted by Gasteiger charge is -2.38. The van der Waals surface area contributed by atoms with Crippen molar-refractivity contribution in [1.29, 1.82) is 0 Å². The van der Waals surface area contributed by atoms with Crippen LogP contribution < -0.4 is 5.32 Å². The molecule has 1 saturated carbocycles. The number of likely N-dealkylation sites (tertiary alicyclic amines) is 1. The third-order valence-electron chi connectivity index (χ3n) is 5.66. The molecule has 1 N–H and O–H groups in total. The van der Waals surface area contributed by atoms with Crippen molar-refractivity contribution in [2.24, 2.45) is 17.5 Å². The van der Waals surface area contributed by atoms with Gasteiger partial charge in [0.15, 0.2) is 11.8 Å². The zero-order valence-corrected chi connectivity index (χ0v) is 15.9. The Morgan fingerprint density at radius 1 is 1.32 bits per heavy atom. The van der Waals surface area contributed by atoms with Crippen LogP contribution in [0, 0.1) is 12.3 Å². The van der Waals surface area contributed by atoms with Crippen LogP contribution in [0.15, 0.2) is 4.99 Å². The lowest BCUT2D eigenvalue weighted by atomic mass is 9.68. The van der Waals surface area contributed by atoms with Crippen molar-refractivity contribution in [1.82, 2.24) is 25.0 Å². The smallest absolute Gasteiger partial charge is 0.194 e. The maximum Gasteiger partial charge on any atom is 0.194 e. The van der Waals surface area contributed by atoms with Gasteiger partial charge in [-0.15, -0.1) is 10.2 Å². The molecule has 1 saturated heterocycles. The van der Waals surface area contributed by atoms with Crippen molar-refractivity contribution in [3.05, 3.63) is 11.6 Å². The second-order valence-corrected chi connectivity index (χ2v) is 7.36. The topological polar surface area (TPSA) is 67.6 Å². The van der Waals surface area contributed by atoms with E-state index in [1.165, 1.54) is 25.7 Å². The number of hydrogen-bond donors (Lipinski definition) is 1. The third kappa shape index (κ3) is 4.32. The fourth-order valence-corrected chi connectivity index (χ4v) is 3.72. The lowest BCUT2D eigenvalue weighted by Crippen LogP contribution is -2.43. The average Bonchev–Trinajstić information content (AvgIpc) is 3.16. The summed E-state index contributed by atoms with van der Waals surface area (Å²) in [5.41, 5.74) is 0.565. The Labute approximate surface area is 150 Å². The molecule has 7 nitrogen and oxygen atoms in total. The van der Waals surface area contributed by atoms with Crippen molar-refractivity contribution in [2.75, 3.05) is 32.8 Å². The molecular weight excluding hydrogens is 316 g/mol. The third-order valence-corrected chi connectivity index (χ3v) is 5.66. The molecule has 140 valence electrons. The van der Waals surface area contributed by atoms with E-state index in [1.54, 1.807) is 0 Å². The predicted octanol–water partition coefficient (Wildman–Crippen LogP) is 1.87. The summed E-state index contributed by atoms with van der Waals surface area (Å²) in [5, 5.41) is 11.9. The van der Waals surface area contributed by atoms with Gasteiger partial charge in [-0.05, 0) is 44.9 Å². The monoisotopic (exact) mass is 348 g/mol. The normalized spacial score (nSPS) is 19.5. The van der Waals surface area contributed by atoms with Crippen molar-refractivity contribution >= 4 is 5.96 Å². The second-order valence-electron chi connectivity index (χ2n) is 7.36. The molecule has 3 rings (SSSR count). The van der Waals surface area contributed by atoms with E-state index in [0.29, 0.717) is 12.0 Å². The van der Waals surface area contributed by atoms with Crippen molar-refractivity contribution in [3.63, 3.8) is 0 Å². The number of aromatic nitrogens is 3. The summed E-state index contributed by atoms with van der Waals surface area (Å²) in [5.74, 6) is 2.84. The van der Waals surface area contributed by atoms with Gasteiger partial charge in [-0.3, -0.25) is 0 Å². The SMILES string of the molecule is CCOCCCNC(=NCc1nnc(C)n1C)N1CCC2(CCC2)C1. The highest BCUT2D eigenvalue weighted by Crippen LogP contribution is 2.47.